The number of rotatable bonds is 3. The van der Waals surface area contributed by atoms with Crippen molar-refractivity contribution in [3.05, 3.63) is 24.4 Å². The van der Waals surface area contributed by atoms with E-state index >= 15 is 0 Å². The summed E-state index contributed by atoms with van der Waals surface area (Å²) in [5.41, 5.74) is 0.751. The molecule has 1 heterocycles. The zero-order chi connectivity index (χ0) is 12.6. The van der Waals surface area contributed by atoms with Crippen molar-refractivity contribution in [2.24, 2.45) is 5.14 Å². The third kappa shape index (κ3) is 1.89. The molecule has 0 aliphatic rings. The molecule has 2 rings (SSSR count). The number of aromatic nitrogens is 1. The Morgan fingerprint density at radius 1 is 1.41 bits per heavy atom. The molecular formula is C11H14N2O3S. The maximum Gasteiger partial charge on any atom is 0.240 e. The zero-order valence-corrected chi connectivity index (χ0v) is 10.5. The molecule has 0 aliphatic heterocycles. The topological polar surface area (TPSA) is 74.3 Å². The summed E-state index contributed by atoms with van der Waals surface area (Å²) in [6.07, 6.45) is 1.54. The molecule has 0 bridgehead atoms. The van der Waals surface area contributed by atoms with Crippen LogP contribution >= 0.6 is 0 Å². The molecule has 0 saturated heterocycles. The molecule has 2 aromatic rings. The van der Waals surface area contributed by atoms with Gasteiger partial charge in [0.05, 0.1) is 12.6 Å². The van der Waals surface area contributed by atoms with Crippen LogP contribution in [0.3, 0.4) is 0 Å². The van der Waals surface area contributed by atoms with E-state index in [4.69, 9.17) is 9.88 Å². The number of benzene rings is 1. The third-order valence-electron chi connectivity index (χ3n) is 2.69. The monoisotopic (exact) mass is 254 g/mol. The van der Waals surface area contributed by atoms with Gasteiger partial charge in [-0.05, 0) is 13.0 Å². The Kier molecular flexibility index (Phi) is 2.84. The molecule has 2 N–H and O–H groups in total. The average Bonchev–Trinajstić information content (AvgIpc) is 2.67. The van der Waals surface area contributed by atoms with Gasteiger partial charge in [0.25, 0.3) is 0 Å². The SMILES string of the molecule is CCn1cc(S(N)(=O)=O)c2cccc(OC)c21. The fourth-order valence-electron chi connectivity index (χ4n) is 1.93. The first-order chi connectivity index (χ1) is 7.99. The number of nitrogens with zero attached hydrogens (tertiary/aromatic N) is 1. The van der Waals surface area contributed by atoms with Crippen LogP contribution in [0.4, 0.5) is 0 Å². The van der Waals surface area contributed by atoms with Gasteiger partial charge in [-0.1, -0.05) is 12.1 Å². The van der Waals surface area contributed by atoms with E-state index in [0.717, 1.165) is 5.52 Å². The van der Waals surface area contributed by atoms with E-state index in [2.05, 4.69) is 0 Å². The van der Waals surface area contributed by atoms with Gasteiger partial charge in [-0.25, -0.2) is 13.6 Å². The molecule has 92 valence electrons. The highest BCUT2D eigenvalue weighted by molar-refractivity contribution is 7.89. The van der Waals surface area contributed by atoms with Gasteiger partial charge in [-0.2, -0.15) is 0 Å². The van der Waals surface area contributed by atoms with Crippen LogP contribution in [0.5, 0.6) is 5.75 Å². The number of nitrogens with two attached hydrogens (primary N) is 1. The largest absolute Gasteiger partial charge is 0.495 e. The highest BCUT2D eigenvalue weighted by Gasteiger charge is 2.18. The Bertz CT molecular complexity index is 659. The minimum Gasteiger partial charge on any atom is -0.495 e. The van der Waals surface area contributed by atoms with Gasteiger partial charge < -0.3 is 9.30 Å². The number of fused-ring (bicyclic) bond motifs is 1. The molecule has 17 heavy (non-hydrogen) atoms. The lowest BCUT2D eigenvalue weighted by Gasteiger charge is -2.05. The summed E-state index contributed by atoms with van der Waals surface area (Å²) in [4.78, 5) is 0.133. The van der Waals surface area contributed by atoms with Crippen molar-refractivity contribution in [3.63, 3.8) is 0 Å². The van der Waals surface area contributed by atoms with E-state index in [-0.39, 0.29) is 4.90 Å². The number of para-hydroxylation sites is 1. The smallest absolute Gasteiger partial charge is 0.240 e. The number of aryl methyl sites for hydroxylation is 1. The number of methoxy groups -OCH3 is 1. The van der Waals surface area contributed by atoms with E-state index < -0.39 is 10.0 Å². The molecule has 1 aromatic carbocycles. The van der Waals surface area contributed by atoms with E-state index in [9.17, 15) is 8.42 Å². The Morgan fingerprint density at radius 3 is 2.65 bits per heavy atom. The summed E-state index contributed by atoms with van der Waals surface area (Å²) in [7, 11) is -2.17. The summed E-state index contributed by atoms with van der Waals surface area (Å²) >= 11 is 0. The van der Waals surface area contributed by atoms with Crippen molar-refractivity contribution in [3.8, 4) is 5.75 Å². The molecule has 0 fully saturated rings. The van der Waals surface area contributed by atoms with Crippen LogP contribution in [0.1, 0.15) is 6.92 Å². The van der Waals surface area contributed by atoms with Crippen LogP contribution in [0, 0.1) is 0 Å². The van der Waals surface area contributed by atoms with Gasteiger partial charge in [-0.3, -0.25) is 0 Å². The lowest BCUT2D eigenvalue weighted by atomic mass is 10.2. The van der Waals surface area contributed by atoms with Crippen molar-refractivity contribution < 1.29 is 13.2 Å². The molecule has 0 atom stereocenters. The van der Waals surface area contributed by atoms with Crippen LogP contribution in [-0.2, 0) is 16.6 Å². The molecule has 1 aromatic heterocycles. The number of ether oxygens (including phenoxy) is 1. The van der Waals surface area contributed by atoms with E-state index in [1.54, 1.807) is 31.5 Å². The summed E-state index contributed by atoms with van der Waals surface area (Å²) in [5.74, 6) is 0.638. The second-order valence-electron chi connectivity index (χ2n) is 3.68. The molecule has 0 aliphatic carbocycles. The predicted molar refractivity (Wildman–Crippen MR) is 65.5 cm³/mol. The maximum absolute atomic E-state index is 11.5. The van der Waals surface area contributed by atoms with Gasteiger partial charge in [-0.15, -0.1) is 0 Å². The van der Waals surface area contributed by atoms with Crippen molar-refractivity contribution in [2.75, 3.05) is 7.11 Å². The minimum atomic E-state index is -3.72. The molecular weight excluding hydrogens is 240 g/mol. The lowest BCUT2D eigenvalue weighted by Crippen LogP contribution is -2.11. The van der Waals surface area contributed by atoms with Crippen molar-refractivity contribution in [1.82, 2.24) is 4.57 Å². The Balaban J connectivity index is 2.92. The Morgan fingerprint density at radius 2 is 2.12 bits per heavy atom. The highest BCUT2D eigenvalue weighted by Crippen LogP contribution is 2.31. The Hall–Kier alpha value is -1.53. The zero-order valence-electron chi connectivity index (χ0n) is 9.67. The van der Waals surface area contributed by atoms with Crippen molar-refractivity contribution >= 4 is 20.9 Å². The summed E-state index contributed by atoms with van der Waals surface area (Å²) in [6.45, 7) is 2.57. The lowest BCUT2D eigenvalue weighted by molar-refractivity contribution is 0.417. The standard InChI is InChI=1S/C11H14N2O3S/c1-3-13-7-10(17(12,14)15)8-5-4-6-9(16-2)11(8)13/h4-7H,3H2,1-2H3,(H2,12,14,15). The number of sulfonamides is 1. The van der Waals surface area contributed by atoms with Crippen LogP contribution < -0.4 is 9.88 Å². The second-order valence-corrected chi connectivity index (χ2v) is 5.21. The van der Waals surface area contributed by atoms with Gasteiger partial charge >= 0.3 is 0 Å². The minimum absolute atomic E-state index is 0.133. The molecule has 0 amide bonds. The maximum atomic E-state index is 11.5. The molecule has 5 nitrogen and oxygen atoms in total. The molecule has 0 unspecified atom stereocenters. The molecule has 0 radical (unpaired) electrons. The molecule has 6 heteroatoms. The normalized spacial score (nSPS) is 11.9. The summed E-state index contributed by atoms with van der Waals surface area (Å²) in [6, 6.07) is 5.26. The quantitative estimate of drug-likeness (QED) is 0.897. The van der Waals surface area contributed by atoms with Gasteiger partial charge in [0.1, 0.15) is 10.6 Å². The van der Waals surface area contributed by atoms with Crippen LogP contribution in [0.25, 0.3) is 10.9 Å². The van der Waals surface area contributed by atoms with Crippen LogP contribution in [0.2, 0.25) is 0 Å². The van der Waals surface area contributed by atoms with E-state index in [0.29, 0.717) is 17.7 Å². The van der Waals surface area contributed by atoms with E-state index in [1.165, 1.54) is 0 Å². The van der Waals surface area contributed by atoms with E-state index in [1.807, 2.05) is 11.5 Å². The van der Waals surface area contributed by atoms with Crippen LogP contribution in [-0.4, -0.2) is 20.1 Å². The molecule has 0 spiro atoms. The molecule has 0 saturated carbocycles. The fourth-order valence-corrected chi connectivity index (χ4v) is 2.68. The van der Waals surface area contributed by atoms with Crippen molar-refractivity contribution in [1.29, 1.82) is 0 Å². The summed E-state index contributed by atoms with van der Waals surface area (Å²) in [5, 5.41) is 5.79. The van der Waals surface area contributed by atoms with Gasteiger partial charge in [0.2, 0.25) is 10.0 Å². The first kappa shape index (κ1) is 11.9. The number of primary sulfonamides is 1. The van der Waals surface area contributed by atoms with Gasteiger partial charge in [0.15, 0.2) is 0 Å². The fraction of sp³-hybridized carbons (Fsp3) is 0.273. The van der Waals surface area contributed by atoms with Crippen molar-refractivity contribution in [2.45, 2.75) is 18.4 Å². The van der Waals surface area contributed by atoms with Gasteiger partial charge in [0, 0.05) is 18.1 Å². The third-order valence-corrected chi connectivity index (χ3v) is 3.63. The first-order valence-electron chi connectivity index (χ1n) is 5.17. The predicted octanol–water partition coefficient (Wildman–Crippen LogP) is 1.32. The Labute approximate surface area is 99.8 Å². The number of hydrogen-bond donors (Lipinski definition) is 1. The first-order valence-corrected chi connectivity index (χ1v) is 6.72. The highest BCUT2D eigenvalue weighted by atomic mass is 32.2. The second kappa shape index (κ2) is 4.05. The average molecular weight is 254 g/mol. The van der Waals surface area contributed by atoms with Crippen LogP contribution in [0.15, 0.2) is 29.3 Å². The number of hydrogen-bond acceptors (Lipinski definition) is 3. The summed E-state index contributed by atoms with van der Waals surface area (Å²) < 4.78 is 30.1.